The van der Waals surface area contributed by atoms with Gasteiger partial charge in [0, 0.05) is 12.3 Å². The van der Waals surface area contributed by atoms with Gasteiger partial charge >= 0.3 is 0 Å². The van der Waals surface area contributed by atoms with Crippen LogP contribution in [0.3, 0.4) is 0 Å². The van der Waals surface area contributed by atoms with E-state index < -0.39 is 5.60 Å². The minimum Gasteiger partial charge on any atom is -0.393 e. The fourth-order valence-electron chi connectivity index (χ4n) is 8.94. The molecule has 3 nitrogen and oxygen atoms in total. The molecule has 0 amide bonds. The third-order valence-corrected chi connectivity index (χ3v) is 10.7. The Bertz CT molecular complexity index is 651. The molecule has 3 heteroatoms. The third kappa shape index (κ3) is 3.81. The highest BCUT2D eigenvalue weighted by Gasteiger charge is 2.62. The van der Waals surface area contributed by atoms with Crippen molar-refractivity contribution in [3.63, 3.8) is 0 Å². The highest BCUT2D eigenvalue weighted by Crippen LogP contribution is 2.67. The molecule has 4 saturated carbocycles. The van der Waals surface area contributed by atoms with Crippen LogP contribution in [-0.4, -0.2) is 27.7 Å². The van der Waals surface area contributed by atoms with E-state index in [0.29, 0.717) is 41.3 Å². The molecule has 0 spiro atoms. The van der Waals surface area contributed by atoms with Crippen LogP contribution >= 0.6 is 0 Å². The van der Waals surface area contributed by atoms with Gasteiger partial charge in [0.25, 0.3) is 0 Å². The van der Waals surface area contributed by atoms with Crippen LogP contribution in [0.4, 0.5) is 0 Å². The zero-order valence-electron chi connectivity index (χ0n) is 20.1. The fraction of sp³-hybridized carbons (Fsp3) is 0.963. The number of aliphatic hydroxyl groups excluding tert-OH is 1. The van der Waals surface area contributed by atoms with Crippen LogP contribution in [0.2, 0.25) is 0 Å². The molecule has 0 saturated heterocycles. The van der Waals surface area contributed by atoms with E-state index in [0.717, 1.165) is 38.0 Å². The Hall–Kier alpha value is -0.410. The Kier molecular flexibility index (Phi) is 5.97. The predicted octanol–water partition coefficient (Wildman–Crippen LogP) is 5.76. The van der Waals surface area contributed by atoms with Gasteiger partial charge in [-0.3, -0.25) is 4.79 Å². The van der Waals surface area contributed by atoms with Gasteiger partial charge in [0.2, 0.25) is 0 Å². The van der Waals surface area contributed by atoms with Crippen molar-refractivity contribution in [2.24, 2.45) is 46.3 Å². The van der Waals surface area contributed by atoms with Gasteiger partial charge in [0.05, 0.1) is 11.7 Å². The summed E-state index contributed by atoms with van der Waals surface area (Å²) in [6.45, 7) is 11.2. The Morgan fingerprint density at radius 3 is 2.43 bits per heavy atom. The molecule has 0 heterocycles. The second-order valence-electron chi connectivity index (χ2n) is 13.0. The van der Waals surface area contributed by atoms with Gasteiger partial charge in [0.15, 0.2) is 0 Å². The van der Waals surface area contributed by atoms with Crippen molar-refractivity contribution in [2.45, 2.75) is 117 Å². The highest BCUT2D eigenvalue weighted by atomic mass is 16.3. The van der Waals surface area contributed by atoms with Crippen LogP contribution < -0.4 is 0 Å². The van der Waals surface area contributed by atoms with E-state index in [9.17, 15) is 15.0 Å². The maximum Gasteiger partial charge on any atom is 0.136 e. The molecule has 9 atom stereocenters. The van der Waals surface area contributed by atoms with E-state index in [1.165, 1.54) is 32.1 Å². The SMILES string of the molecule is C[C@H](CCCC(C)(C)O)[C@H]1CC[C@H]2[C@@H]3C(=O)C[C@H]4C[C@@H](O)CC[C@]4(C)[C@H]3CC[C@]12C. The first kappa shape index (κ1) is 22.8. The number of Topliss-reactive ketones (excluding diaryl/α,β-unsaturated/α-hetero) is 1. The molecule has 4 fully saturated rings. The average Bonchev–Trinajstić information content (AvgIpc) is 2.99. The molecule has 0 aromatic heterocycles. The smallest absolute Gasteiger partial charge is 0.136 e. The minimum absolute atomic E-state index is 0.193. The van der Waals surface area contributed by atoms with Crippen molar-refractivity contribution in [1.82, 2.24) is 0 Å². The molecule has 4 aliphatic rings. The molecule has 30 heavy (non-hydrogen) atoms. The van der Waals surface area contributed by atoms with Crippen LogP contribution in [0.25, 0.3) is 0 Å². The topological polar surface area (TPSA) is 57.5 Å². The van der Waals surface area contributed by atoms with Crippen molar-refractivity contribution in [3.8, 4) is 0 Å². The number of aliphatic hydroxyl groups is 2. The lowest BCUT2D eigenvalue weighted by Gasteiger charge is -2.60. The zero-order valence-corrected chi connectivity index (χ0v) is 20.1. The molecule has 2 N–H and O–H groups in total. The van der Waals surface area contributed by atoms with Gasteiger partial charge in [-0.1, -0.05) is 33.6 Å². The normalized spacial score (nSPS) is 47.4. The second kappa shape index (κ2) is 7.87. The quantitative estimate of drug-likeness (QED) is 0.596. The first-order valence-corrected chi connectivity index (χ1v) is 12.9. The molecule has 0 bridgehead atoms. The van der Waals surface area contributed by atoms with E-state index in [2.05, 4.69) is 20.8 Å². The number of carbonyl (C=O) groups is 1. The summed E-state index contributed by atoms with van der Waals surface area (Å²) in [5.74, 6) is 3.70. The maximum atomic E-state index is 13.5. The van der Waals surface area contributed by atoms with Crippen LogP contribution in [0, 0.1) is 46.3 Å². The molecular formula is C27H46O3. The Balaban J connectivity index is 1.49. The molecule has 172 valence electrons. The third-order valence-electron chi connectivity index (χ3n) is 10.7. The van der Waals surface area contributed by atoms with E-state index in [-0.39, 0.29) is 17.4 Å². The van der Waals surface area contributed by atoms with Gasteiger partial charge in [0.1, 0.15) is 5.78 Å². The molecule has 0 aliphatic heterocycles. The fourth-order valence-corrected chi connectivity index (χ4v) is 8.94. The number of fused-ring (bicyclic) bond motifs is 5. The number of hydrogen-bond acceptors (Lipinski definition) is 3. The van der Waals surface area contributed by atoms with Crippen molar-refractivity contribution in [3.05, 3.63) is 0 Å². The van der Waals surface area contributed by atoms with E-state index in [1.807, 2.05) is 13.8 Å². The Labute approximate surface area is 184 Å². The molecule has 0 radical (unpaired) electrons. The van der Waals surface area contributed by atoms with Crippen molar-refractivity contribution < 1.29 is 15.0 Å². The maximum absolute atomic E-state index is 13.5. The van der Waals surface area contributed by atoms with Crippen molar-refractivity contribution >= 4 is 5.78 Å². The predicted molar refractivity (Wildman–Crippen MR) is 121 cm³/mol. The summed E-state index contributed by atoms with van der Waals surface area (Å²) >= 11 is 0. The average molecular weight is 419 g/mol. The van der Waals surface area contributed by atoms with Gasteiger partial charge in [-0.25, -0.2) is 0 Å². The molecule has 0 aromatic rings. The van der Waals surface area contributed by atoms with E-state index in [1.54, 1.807) is 0 Å². The lowest BCUT2D eigenvalue weighted by atomic mass is 9.44. The van der Waals surface area contributed by atoms with Gasteiger partial charge < -0.3 is 10.2 Å². The van der Waals surface area contributed by atoms with Crippen LogP contribution in [0.5, 0.6) is 0 Å². The summed E-state index contributed by atoms with van der Waals surface area (Å²) in [6.07, 6.45) is 11.5. The summed E-state index contributed by atoms with van der Waals surface area (Å²) < 4.78 is 0. The zero-order chi connectivity index (χ0) is 21.9. The first-order chi connectivity index (χ1) is 14.0. The van der Waals surface area contributed by atoms with Gasteiger partial charge in [-0.05, 0) is 106 Å². The van der Waals surface area contributed by atoms with Gasteiger partial charge in [-0.15, -0.1) is 0 Å². The summed E-state index contributed by atoms with van der Waals surface area (Å²) in [6, 6.07) is 0. The van der Waals surface area contributed by atoms with E-state index in [4.69, 9.17) is 0 Å². The monoisotopic (exact) mass is 418 g/mol. The van der Waals surface area contributed by atoms with Crippen molar-refractivity contribution in [2.75, 3.05) is 0 Å². The van der Waals surface area contributed by atoms with Crippen LogP contribution in [0.15, 0.2) is 0 Å². The summed E-state index contributed by atoms with van der Waals surface area (Å²) in [5, 5.41) is 20.3. The second-order valence-corrected chi connectivity index (χ2v) is 13.0. The first-order valence-electron chi connectivity index (χ1n) is 12.9. The highest BCUT2D eigenvalue weighted by molar-refractivity contribution is 5.83. The van der Waals surface area contributed by atoms with Crippen LogP contribution in [-0.2, 0) is 4.79 Å². The lowest BCUT2D eigenvalue weighted by Crippen LogP contribution is -2.57. The number of hydrogen-bond donors (Lipinski definition) is 2. The van der Waals surface area contributed by atoms with Crippen molar-refractivity contribution in [1.29, 1.82) is 0 Å². The number of carbonyl (C=O) groups excluding carboxylic acids is 1. The largest absolute Gasteiger partial charge is 0.393 e. The number of rotatable bonds is 5. The van der Waals surface area contributed by atoms with Gasteiger partial charge in [-0.2, -0.15) is 0 Å². The standard InChI is InChI=1S/C27H46O3/c1-17(7-6-12-25(2,3)30)20-8-9-21-24-22(11-14-27(20,21)5)26(4)13-10-19(28)15-18(26)16-23(24)29/h17-22,24,28,30H,6-16H2,1-5H3/t17-,18-,19+,20-,21+,22+,24+,26+,27-/m1/s1. The molecule has 4 rings (SSSR count). The summed E-state index contributed by atoms with van der Waals surface area (Å²) in [5.41, 5.74) is 0.00582. The molecule has 4 aliphatic carbocycles. The molecule has 0 aromatic carbocycles. The Morgan fingerprint density at radius 1 is 1.07 bits per heavy atom. The molecule has 0 unspecified atom stereocenters. The minimum atomic E-state index is -0.562. The summed E-state index contributed by atoms with van der Waals surface area (Å²) in [7, 11) is 0. The Morgan fingerprint density at radius 2 is 1.73 bits per heavy atom. The molecular weight excluding hydrogens is 372 g/mol. The van der Waals surface area contributed by atoms with Crippen LogP contribution in [0.1, 0.15) is 105 Å². The number of ketones is 1. The van der Waals surface area contributed by atoms with E-state index >= 15 is 0 Å². The summed E-state index contributed by atoms with van der Waals surface area (Å²) in [4.78, 5) is 13.5. The lowest BCUT2D eigenvalue weighted by molar-refractivity contribution is -0.160.